The van der Waals surface area contributed by atoms with Crippen LogP contribution in [-0.4, -0.2) is 43.2 Å². The minimum absolute atomic E-state index is 0.0808. The van der Waals surface area contributed by atoms with Gasteiger partial charge in [-0.05, 0) is 67.2 Å². The topological polar surface area (TPSA) is 88.6 Å². The Labute approximate surface area is 179 Å². The highest BCUT2D eigenvalue weighted by Crippen LogP contribution is 2.31. The van der Waals surface area contributed by atoms with E-state index < -0.39 is 10.0 Å². The van der Waals surface area contributed by atoms with Crippen LogP contribution in [0.5, 0.6) is 5.75 Å². The third-order valence-corrected chi connectivity index (χ3v) is 8.08. The third-order valence-electron chi connectivity index (χ3n) is 5.38. The standard InChI is InChI=1S/C21H23N3O4S2/c1-14-3-5-18(28-2)20(11-14)30(26,27)24-9-7-15(8-10-24)21(25)23-17-4-6-19-16(12-17)13-22-29-19/h3-6,11-13,15H,7-10H2,1-2H3,(H,23,25). The molecule has 0 atom stereocenters. The Bertz CT molecular complexity index is 1180. The lowest BCUT2D eigenvalue weighted by atomic mass is 9.97. The molecular formula is C21H23N3O4S2. The Morgan fingerprint density at radius 3 is 2.70 bits per heavy atom. The zero-order valence-electron chi connectivity index (χ0n) is 16.8. The molecule has 1 saturated heterocycles. The molecule has 158 valence electrons. The molecular weight excluding hydrogens is 422 g/mol. The van der Waals surface area contributed by atoms with Gasteiger partial charge >= 0.3 is 0 Å². The molecule has 3 aromatic rings. The predicted molar refractivity (Wildman–Crippen MR) is 117 cm³/mol. The van der Waals surface area contributed by atoms with E-state index in [4.69, 9.17) is 4.74 Å². The van der Waals surface area contributed by atoms with Crippen molar-refractivity contribution in [2.75, 3.05) is 25.5 Å². The summed E-state index contributed by atoms with van der Waals surface area (Å²) < 4.78 is 38.2. The first-order valence-electron chi connectivity index (χ1n) is 9.68. The molecule has 0 spiro atoms. The van der Waals surface area contributed by atoms with Gasteiger partial charge in [0.25, 0.3) is 0 Å². The lowest BCUT2D eigenvalue weighted by Gasteiger charge is -2.31. The zero-order chi connectivity index (χ0) is 21.3. The average Bonchev–Trinajstić information content (AvgIpc) is 3.21. The van der Waals surface area contributed by atoms with Crippen LogP contribution in [0.3, 0.4) is 0 Å². The minimum atomic E-state index is -3.68. The van der Waals surface area contributed by atoms with Crippen molar-refractivity contribution in [3.8, 4) is 5.75 Å². The van der Waals surface area contributed by atoms with Gasteiger partial charge in [-0.15, -0.1) is 0 Å². The summed E-state index contributed by atoms with van der Waals surface area (Å²) in [6, 6.07) is 10.8. The number of methoxy groups -OCH3 is 1. The van der Waals surface area contributed by atoms with Crippen molar-refractivity contribution in [2.45, 2.75) is 24.7 Å². The molecule has 7 nitrogen and oxygen atoms in total. The van der Waals surface area contributed by atoms with E-state index >= 15 is 0 Å². The fraction of sp³-hybridized carbons (Fsp3) is 0.333. The van der Waals surface area contributed by atoms with Crippen molar-refractivity contribution in [2.24, 2.45) is 5.92 Å². The Balaban J connectivity index is 1.43. The number of amides is 1. The van der Waals surface area contributed by atoms with E-state index in [0.29, 0.717) is 31.7 Å². The van der Waals surface area contributed by atoms with Gasteiger partial charge in [-0.3, -0.25) is 4.79 Å². The Hall–Kier alpha value is -2.49. The summed E-state index contributed by atoms with van der Waals surface area (Å²) in [7, 11) is -2.22. The molecule has 2 aromatic carbocycles. The second kappa shape index (κ2) is 8.33. The summed E-state index contributed by atoms with van der Waals surface area (Å²) in [5, 5.41) is 3.95. The molecule has 30 heavy (non-hydrogen) atoms. The number of hydrogen-bond acceptors (Lipinski definition) is 6. The van der Waals surface area contributed by atoms with Gasteiger partial charge in [-0.25, -0.2) is 8.42 Å². The monoisotopic (exact) mass is 445 g/mol. The highest BCUT2D eigenvalue weighted by Gasteiger charge is 2.33. The molecule has 1 fully saturated rings. The summed E-state index contributed by atoms with van der Waals surface area (Å²) in [5.41, 5.74) is 1.58. The number of anilines is 1. The first-order valence-corrected chi connectivity index (χ1v) is 11.9. The number of carbonyl (C=O) groups excluding carboxylic acids is 1. The van der Waals surface area contributed by atoms with Crippen LogP contribution >= 0.6 is 11.5 Å². The number of piperidine rings is 1. The number of carbonyl (C=O) groups is 1. The second-order valence-electron chi connectivity index (χ2n) is 7.40. The molecule has 0 unspecified atom stereocenters. The highest BCUT2D eigenvalue weighted by atomic mass is 32.2. The van der Waals surface area contributed by atoms with Crippen molar-refractivity contribution in [3.05, 3.63) is 48.2 Å². The van der Waals surface area contributed by atoms with E-state index in [2.05, 4.69) is 9.69 Å². The number of sulfonamides is 1. The van der Waals surface area contributed by atoms with Crippen LogP contribution in [0.15, 0.2) is 47.5 Å². The molecule has 0 bridgehead atoms. The van der Waals surface area contributed by atoms with Crippen molar-refractivity contribution < 1.29 is 17.9 Å². The van der Waals surface area contributed by atoms with Crippen molar-refractivity contribution in [1.29, 1.82) is 0 Å². The molecule has 0 aliphatic carbocycles. The van der Waals surface area contributed by atoms with Crippen LogP contribution in [0.1, 0.15) is 18.4 Å². The number of aromatic nitrogens is 1. The molecule has 0 radical (unpaired) electrons. The van der Waals surface area contributed by atoms with Gasteiger partial charge in [-0.1, -0.05) is 6.07 Å². The van der Waals surface area contributed by atoms with Gasteiger partial charge in [0.1, 0.15) is 10.6 Å². The molecule has 1 aromatic heterocycles. The van der Waals surface area contributed by atoms with Gasteiger partial charge in [0, 0.05) is 36.3 Å². The summed E-state index contributed by atoms with van der Waals surface area (Å²) in [4.78, 5) is 12.9. The fourth-order valence-electron chi connectivity index (χ4n) is 3.68. The molecule has 1 amide bonds. The van der Waals surface area contributed by atoms with Crippen LogP contribution in [0.2, 0.25) is 0 Å². The minimum Gasteiger partial charge on any atom is -0.495 e. The third kappa shape index (κ3) is 4.05. The smallest absolute Gasteiger partial charge is 0.246 e. The van der Waals surface area contributed by atoms with Crippen LogP contribution < -0.4 is 10.1 Å². The second-order valence-corrected chi connectivity index (χ2v) is 10.1. The van der Waals surface area contributed by atoms with Crippen LogP contribution in [-0.2, 0) is 14.8 Å². The fourth-order valence-corrected chi connectivity index (χ4v) is 6.01. The van der Waals surface area contributed by atoms with Crippen molar-refractivity contribution in [3.63, 3.8) is 0 Å². The lowest BCUT2D eigenvalue weighted by Crippen LogP contribution is -2.41. The van der Waals surface area contributed by atoms with Crippen LogP contribution in [0.25, 0.3) is 10.1 Å². The van der Waals surface area contributed by atoms with E-state index in [9.17, 15) is 13.2 Å². The van der Waals surface area contributed by atoms with Gasteiger partial charge < -0.3 is 10.1 Å². The number of nitrogens with zero attached hydrogens (tertiary/aromatic N) is 2. The first-order chi connectivity index (χ1) is 14.4. The Morgan fingerprint density at radius 2 is 1.97 bits per heavy atom. The van der Waals surface area contributed by atoms with Gasteiger partial charge in [-0.2, -0.15) is 8.68 Å². The zero-order valence-corrected chi connectivity index (χ0v) is 18.4. The normalized spacial score (nSPS) is 15.9. The SMILES string of the molecule is COc1ccc(C)cc1S(=O)(=O)N1CCC(C(=O)Nc2ccc3sncc3c2)CC1. The van der Waals surface area contributed by atoms with Gasteiger partial charge in [0.15, 0.2) is 0 Å². The number of aryl methyl sites for hydroxylation is 1. The molecule has 0 saturated carbocycles. The van der Waals surface area contributed by atoms with Crippen molar-refractivity contribution in [1.82, 2.24) is 8.68 Å². The maximum absolute atomic E-state index is 13.1. The van der Waals surface area contributed by atoms with E-state index in [-0.39, 0.29) is 16.7 Å². The van der Waals surface area contributed by atoms with Crippen LogP contribution in [0, 0.1) is 12.8 Å². The maximum Gasteiger partial charge on any atom is 0.246 e. The van der Waals surface area contributed by atoms with Crippen molar-refractivity contribution >= 4 is 43.2 Å². The molecule has 1 aliphatic heterocycles. The molecule has 9 heteroatoms. The van der Waals surface area contributed by atoms with E-state index in [1.54, 1.807) is 18.3 Å². The Kier molecular flexibility index (Phi) is 5.77. The average molecular weight is 446 g/mol. The predicted octanol–water partition coefficient (Wildman–Crippen LogP) is 3.65. The quantitative estimate of drug-likeness (QED) is 0.648. The summed E-state index contributed by atoms with van der Waals surface area (Å²) in [5.74, 6) is 0.0219. The summed E-state index contributed by atoms with van der Waals surface area (Å²) >= 11 is 1.41. The number of ether oxygens (including phenoxy) is 1. The number of fused-ring (bicyclic) bond motifs is 1. The lowest BCUT2D eigenvalue weighted by molar-refractivity contribution is -0.120. The van der Waals surface area contributed by atoms with Gasteiger partial charge in [0.05, 0.1) is 11.8 Å². The number of benzene rings is 2. The Morgan fingerprint density at radius 1 is 1.20 bits per heavy atom. The van der Waals surface area contributed by atoms with E-state index in [1.807, 2.05) is 31.2 Å². The number of hydrogen-bond donors (Lipinski definition) is 1. The molecule has 4 rings (SSSR count). The maximum atomic E-state index is 13.1. The number of rotatable bonds is 5. The van der Waals surface area contributed by atoms with Crippen LogP contribution in [0.4, 0.5) is 5.69 Å². The largest absolute Gasteiger partial charge is 0.495 e. The molecule has 1 aliphatic rings. The number of nitrogens with one attached hydrogen (secondary N) is 1. The van der Waals surface area contributed by atoms with E-state index in [0.717, 1.165) is 21.3 Å². The molecule has 2 heterocycles. The summed E-state index contributed by atoms with van der Waals surface area (Å²) in [6.07, 6.45) is 2.72. The highest BCUT2D eigenvalue weighted by molar-refractivity contribution is 7.89. The summed E-state index contributed by atoms with van der Waals surface area (Å²) in [6.45, 7) is 2.44. The van der Waals surface area contributed by atoms with E-state index in [1.165, 1.54) is 22.9 Å². The molecule has 1 N–H and O–H groups in total. The van der Waals surface area contributed by atoms with Gasteiger partial charge in [0.2, 0.25) is 15.9 Å². The first kappa shape index (κ1) is 20.8.